The van der Waals surface area contributed by atoms with Crippen LogP contribution in [0.4, 0.5) is 0 Å². The lowest BCUT2D eigenvalue weighted by atomic mass is 9.95. The molecule has 0 aliphatic carbocycles. The van der Waals surface area contributed by atoms with Crippen LogP contribution in [-0.4, -0.2) is 22.2 Å². The summed E-state index contributed by atoms with van der Waals surface area (Å²) in [5.41, 5.74) is 0. The number of carbonyl (C=O) groups is 2. The predicted octanol–water partition coefficient (Wildman–Crippen LogP) is 10.1. The Balaban J connectivity index is 0.000000129. The Morgan fingerprint density at radius 2 is 0.643 bits per heavy atom. The number of hydrogen-bond acceptors (Lipinski definition) is 2. The monoisotopic (exact) mass is 552 g/mol. The van der Waals surface area contributed by atoms with Crippen molar-refractivity contribution in [3.8, 4) is 0 Å². The molecule has 8 aromatic rings. The van der Waals surface area contributed by atoms with Crippen LogP contribution >= 0.6 is 0 Å². The van der Waals surface area contributed by atoms with Crippen molar-refractivity contribution in [3.63, 3.8) is 0 Å². The van der Waals surface area contributed by atoms with Crippen molar-refractivity contribution >= 4 is 76.6 Å². The fourth-order valence-electron chi connectivity index (χ4n) is 5.55. The summed E-state index contributed by atoms with van der Waals surface area (Å²) < 4.78 is 0. The normalized spacial score (nSPS) is 10.7. The lowest BCUT2D eigenvalue weighted by Crippen LogP contribution is -1.90. The molecule has 0 bridgehead atoms. The van der Waals surface area contributed by atoms with Gasteiger partial charge in [-0.2, -0.15) is 0 Å². The zero-order valence-corrected chi connectivity index (χ0v) is 23.7. The molecule has 4 nitrogen and oxygen atoms in total. The Labute approximate surface area is 244 Å². The van der Waals surface area contributed by atoms with E-state index in [9.17, 15) is 4.79 Å². The summed E-state index contributed by atoms with van der Waals surface area (Å²) in [7, 11) is 0. The molecule has 0 fully saturated rings. The molecule has 42 heavy (non-hydrogen) atoms. The zero-order chi connectivity index (χ0) is 29.6. The maximum Gasteiger partial charge on any atom is 0.303 e. The lowest BCUT2D eigenvalue weighted by molar-refractivity contribution is -0.137. The second-order valence-electron chi connectivity index (χ2n) is 10.2. The third-order valence-electron chi connectivity index (χ3n) is 7.25. The SMILES string of the molecule is CC(=O)O.CCCC(=O)O.c1cc2ccc3cccc4ccc(c1)c2c34.c1cc2ccc3cccc4ccc(c1)c2c34. The molecule has 0 aliphatic heterocycles. The molecular weight excluding hydrogens is 520 g/mol. The summed E-state index contributed by atoms with van der Waals surface area (Å²) in [5.74, 6) is -1.54. The van der Waals surface area contributed by atoms with Crippen LogP contribution in [0.2, 0.25) is 0 Å². The van der Waals surface area contributed by atoms with Crippen molar-refractivity contribution in [2.24, 2.45) is 0 Å². The van der Waals surface area contributed by atoms with Gasteiger partial charge in [0.1, 0.15) is 0 Å². The van der Waals surface area contributed by atoms with Gasteiger partial charge in [0.2, 0.25) is 0 Å². The fourth-order valence-corrected chi connectivity index (χ4v) is 5.55. The van der Waals surface area contributed by atoms with E-state index in [0.717, 1.165) is 13.3 Å². The van der Waals surface area contributed by atoms with Gasteiger partial charge in [0.15, 0.2) is 0 Å². The van der Waals surface area contributed by atoms with Crippen LogP contribution in [0.25, 0.3) is 64.6 Å². The van der Waals surface area contributed by atoms with E-state index in [1.165, 1.54) is 64.6 Å². The molecule has 0 spiro atoms. The van der Waals surface area contributed by atoms with E-state index in [1.807, 2.05) is 6.92 Å². The molecular formula is C38H32O4. The van der Waals surface area contributed by atoms with Crippen molar-refractivity contribution in [2.75, 3.05) is 0 Å². The number of carboxylic acids is 2. The molecule has 4 heteroatoms. The van der Waals surface area contributed by atoms with Gasteiger partial charge in [0.25, 0.3) is 5.97 Å². The van der Waals surface area contributed by atoms with E-state index in [2.05, 4.69) is 121 Å². The lowest BCUT2D eigenvalue weighted by Gasteiger charge is -2.09. The zero-order valence-electron chi connectivity index (χ0n) is 23.7. The highest BCUT2D eigenvalue weighted by Gasteiger charge is 2.07. The first-order valence-corrected chi connectivity index (χ1v) is 14.0. The van der Waals surface area contributed by atoms with Gasteiger partial charge in [-0.05, 0) is 71.1 Å². The molecule has 0 unspecified atom stereocenters. The van der Waals surface area contributed by atoms with E-state index in [0.29, 0.717) is 6.42 Å². The van der Waals surface area contributed by atoms with E-state index in [-0.39, 0.29) is 0 Å². The second kappa shape index (κ2) is 12.5. The first-order chi connectivity index (χ1) is 20.4. The molecule has 0 atom stereocenters. The van der Waals surface area contributed by atoms with Gasteiger partial charge in [-0.1, -0.05) is 128 Å². The minimum absolute atomic E-state index is 0.292. The number of aliphatic carboxylic acids is 2. The van der Waals surface area contributed by atoms with Crippen molar-refractivity contribution in [1.29, 1.82) is 0 Å². The van der Waals surface area contributed by atoms with Crippen molar-refractivity contribution in [1.82, 2.24) is 0 Å². The average molecular weight is 553 g/mol. The van der Waals surface area contributed by atoms with Gasteiger partial charge in [-0.3, -0.25) is 9.59 Å². The number of hydrogen-bond donors (Lipinski definition) is 2. The summed E-state index contributed by atoms with van der Waals surface area (Å²) in [5, 5.41) is 31.6. The van der Waals surface area contributed by atoms with Crippen LogP contribution in [0.15, 0.2) is 121 Å². The van der Waals surface area contributed by atoms with Crippen LogP contribution in [-0.2, 0) is 9.59 Å². The molecule has 0 amide bonds. The summed E-state index contributed by atoms with van der Waals surface area (Å²) in [6, 6.07) is 43.7. The predicted molar refractivity (Wildman–Crippen MR) is 176 cm³/mol. The third-order valence-corrected chi connectivity index (χ3v) is 7.25. The Bertz CT molecular complexity index is 1720. The Morgan fingerprint density at radius 3 is 0.762 bits per heavy atom. The van der Waals surface area contributed by atoms with Crippen LogP contribution < -0.4 is 0 Å². The third kappa shape index (κ3) is 5.93. The van der Waals surface area contributed by atoms with E-state index < -0.39 is 11.9 Å². The van der Waals surface area contributed by atoms with Crippen LogP contribution in [0.3, 0.4) is 0 Å². The van der Waals surface area contributed by atoms with Crippen LogP contribution in [0.1, 0.15) is 26.7 Å². The largest absolute Gasteiger partial charge is 0.481 e. The van der Waals surface area contributed by atoms with Gasteiger partial charge in [-0.15, -0.1) is 0 Å². The second-order valence-corrected chi connectivity index (χ2v) is 10.2. The molecule has 8 rings (SSSR count). The molecule has 0 aliphatic rings. The maximum absolute atomic E-state index is 9.60. The van der Waals surface area contributed by atoms with Gasteiger partial charge < -0.3 is 10.2 Å². The van der Waals surface area contributed by atoms with E-state index >= 15 is 0 Å². The molecule has 0 heterocycles. The minimum Gasteiger partial charge on any atom is -0.481 e. The maximum atomic E-state index is 9.60. The highest BCUT2D eigenvalue weighted by Crippen LogP contribution is 2.35. The quantitative estimate of drug-likeness (QED) is 0.209. The van der Waals surface area contributed by atoms with Gasteiger partial charge in [0, 0.05) is 13.3 Å². The van der Waals surface area contributed by atoms with Crippen molar-refractivity contribution < 1.29 is 19.8 Å². The van der Waals surface area contributed by atoms with Crippen molar-refractivity contribution in [3.05, 3.63) is 121 Å². The number of carboxylic acid groups (broad SMARTS) is 2. The number of benzene rings is 8. The fraction of sp³-hybridized carbons (Fsp3) is 0.105. The summed E-state index contributed by atoms with van der Waals surface area (Å²) in [6.45, 7) is 2.92. The number of rotatable bonds is 2. The molecule has 2 N–H and O–H groups in total. The standard InChI is InChI=1S/2C16H10.C4H8O2.C2H4O2/c2*1-3-11-7-9-13-5-2-6-14-10-8-12(4-1)15(11)16(13)14;1-2-3-4(5)6;1-2(3)4/h2*1-10H;2-3H2,1H3,(H,5,6);1H3,(H,3,4). The topological polar surface area (TPSA) is 74.6 Å². The molecule has 0 radical (unpaired) electrons. The summed E-state index contributed by atoms with van der Waals surface area (Å²) in [4.78, 5) is 18.6. The van der Waals surface area contributed by atoms with Crippen molar-refractivity contribution in [2.45, 2.75) is 26.7 Å². The Kier molecular flexibility index (Phi) is 8.44. The highest BCUT2D eigenvalue weighted by molar-refractivity contribution is 6.23. The van der Waals surface area contributed by atoms with Gasteiger partial charge in [0.05, 0.1) is 0 Å². The average Bonchev–Trinajstić information content (AvgIpc) is 2.99. The summed E-state index contributed by atoms with van der Waals surface area (Å²) >= 11 is 0. The molecule has 0 saturated heterocycles. The molecule has 8 aromatic carbocycles. The summed E-state index contributed by atoms with van der Waals surface area (Å²) in [6.07, 6.45) is 1.02. The molecule has 208 valence electrons. The Morgan fingerprint density at radius 1 is 0.452 bits per heavy atom. The first kappa shape index (κ1) is 28.3. The Hall–Kier alpha value is -5.22. The van der Waals surface area contributed by atoms with E-state index in [1.54, 1.807) is 0 Å². The van der Waals surface area contributed by atoms with Gasteiger partial charge >= 0.3 is 5.97 Å². The molecule has 0 saturated carbocycles. The smallest absolute Gasteiger partial charge is 0.303 e. The van der Waals surface area contributed by atoms with Gasteiger partial charge in [-0.25, -0.2) is 0 Å². The minimum atomic E-state index is -0.833. The van der Waals surface area contributed by atoms with Crippen LogP contribution in [0.5, 0.6) is 0 Å². The molecule has 0 aromatic heterocycles. The van der Waals surface area contributed by atoms with E-state index in [4.69, 9.17) is 15.0 Å². The highest BCUT2D eigenvalue weighted by atomic mass is 16.4. The van der Waals surface area contributed by atoms with Crippen LogP contribution in [0, 0.1) is 0 Å². The first-order valence-electron chi connectivity index (χ1n) is 14.0.